The second-order valence-corrected chi connectivity index (χ2v) is 4.79. The van der Waals surface area contributed by atoms with Gasteiger partial charge in [-0.05, 0) is 30.9 Å². The van der Waals surface area contributed by atoms with Gasteiger partial charge in [-0.1, -0.05) is 48.1 Å². The monoisotopic (exact) mass is 257 g/mol. The highest BCUT2D eigenvalue weighted by molar-refractivity contribution is 5.82. The van der Waals surface area contributed by atoms with E-state index in [0.717, 1.165) is 24.0 Å². The number of hydrogen-bond acceptors (Lipinski definition) is 2. The SMILES string of the molecule is Cc1ccc(C(O)C(=O)NCC2=CCCC=C2)cc1. The summed E-state index contributed by atoms with van der Waals surface area (Å²) in [5.41, 5.74) is 2.82. The van der Waals surface area contributed by atoms with Crippen molar-refractivity contribution in [2.45, 2.75) is 25.9 Å². The zero-order chi connectivity index (χ0) is 13.7. The predicted molar refractivity (Wildman–Crippen MR) is 75.6 cm³/mol. The minimum atomic E-state index is -1.10. The van der Waals surface area contributed by atoms with Gasteiger partial charge in [0.2, 0.25) is 0 Å². The lowest BCUT2D eigenvalue weighted by atomic mass is 10.1. The third-order valence-corrected chi connectivity index (χ3v) is 3.18. The fourth-order valence-electron chi connectivity index (χ4n) is 1.98. The van der Waals surface area contributed by atoms with Crippen LogP contribution in [0.2, 0.25) is 0 Å². The van der Waals surface area contributed by atoms with Crippen molar-refractivity contribution in [1.82, 2.24) is 5.32 Å². The molecule has 19 heavy (non-hydrogen) atoms. The molecule has 1 unspecified atom stereocenters. The molecular formula is C16H19NO2. The number of benzene rings is 1. The minimum Gasteiger partial charge on any atom is -0.378 e. The number of aryl methyl sites for hydroxylation is 1. The molecule has 0 fully saturated rings. The second kappa shape index (κ2) is 6.34. The van der Waals surface area contributed by atoms with Crippen LogP contribution in [0.4, 0.5) is 0 Å². The van der Waals surface area contributed by atoms with E-state index in [0.29, 0.717) is 12.1 Å². The fraction of sp³-hybridized carbons (Fsp3) is 0.312. The molecule has 0 aromatic heterocycles. The summed E-state index contributed by atoms with van der Waals surface area (Å²) in [7, 11) is 0. The van der Waals surface area contributed by atoms with Gasteiger partial charge in [0, 0.05) is 6.54 Å². The lowest BCUT2D eigenvalue weighted by Crippen LogP contribution is -2.30. The van der Waals surface area contributed by atoms with Gasteiger partial charge >= 0.3 is 0 Å². The van der Waals surface area contributed by atoms with E-state index < -0.39 is 6.10 Å². The average Bonchev–Trinajstić information content (AvgIpc) is 2.46. The van der Waals surface area contributed by atoms with Crippen LogP contribution in [0, 0.1) is 6.92 Å². The molecule has 0 spiro atoms. The van der Waals surface area contributed by atoms with E-state index in [1.807, 2.05) is 25.1 Å². The Bertz CT molecular complexity index is 500. The summed E-state index contributed by atoms with van der Waals surface area (Å²) in [6, 6.07) is 7.33. The first-order chi connectivity index (χ1) is 9.16. The van der Waals surface area contributed by atoms with Crippen molar-refractivity contribution in [2.24, 2.45) is 0 Å². The smallest absolute Gasteiger partial charge is 0.253 e. The Morgan fingerprint density at radius 2 is 2.05 bits per heavy atom. The number of rotatable bonds is 4. The van der Waals surface area contributed by atoms with Crippen molar-refractivity contribution < 1.29 is 9.90 Å². The fourth-order valence-corrected chi connectivity index (χ4v) is 1.98. The molecule has 1 aromatic carbocycles. The van der Waals surface area contributed by atoms with Crippen molar-refractivity contribution in [3.8, 4) is 0 Å². The lowest BCUT2D eigenvalue weighted by molar-refractivity contribution is -0.129. The van der Waals surface area contributed by atoms with Gasteiger partial charge in [0.05, 0.1) is 0 Å². The van der Waals surface area contributed by atoms with Crippen molar-refractivity contribution in [3.05, 3.63) is 59.2 Å². The molecule has 1 aromatic rings. The first-order valence-electron chi connectivity index (χ1n) is 6.55. The number of carbonyl (C=O) groups is 1. The molecule has 100 valence electrons. The van der Waals surface area contributed by atoms with Crippen molar-refractivity contribution >= 4 is 5.91 Å². The summed E-state index contributed by atoms with van der Waals surface area (Å²) in [5.74, 6) is -0.358. The number of allylic oxidation sites excluding steroid dienone is 2. The molecule has 0 aliphatic heterocycles. The van der Waals surface area contributed by atoms with Gasteiger partial charge in [-0.25, -0.2) is 0 Å². The molecule has 3 nitrogen and oxygen atoms in total. The highest BCUT2D eigenvalue weighted by Gasteiger charge is 2.16. The number of aliphatic hydroxyl groups is 1. The summed E-state index contributed by atoms with van der Waals surface area (Å²) < 4.78 is 0. The topological polar surface area (TPSA) is 49.3 Å². The maximum absolute atomic E-state index is 11.9. The van der Waals surface area contributed by atoms with E-state index >= 15 is 0 Å². The normalized spacial score (nSPS) is 15.8. The van der Waals surface area contributed by atoms with Gasteiger partial charge < -0.3 is 10.4 Å². The Hall–Kier alpha value is -1.87. The summed E-state index contributed by atoms with van der Waals surface area (Å²) >= 11 is 0. The van der Waals surface area contributed by atoms with E-state index in [1.54, 1.807) is 12.1 Å². The molecule has 2 rings (SSSR count). The summed E-state index contributed by atoms with van der Waals surface area (Å²) in [4.78, 5) is 11.9. The zero-order valence-corrected chi connectivity index (χ0v) is 11.1. The maximum atomic E-state index is 11.9. The summed E-state index contributed by atoms with van der Waals surface area (Å²) in [6.45, 7) is 2.44. The third-order valence-electron chi connectivity index (χ3n) is 3.18. The molecule has 0 radical (unpaired) electrons. The second-order valence-electron chi connectivity index (χ2n) is 4.79. The quantitative estimate of drug-likeness (QED) is 0.870. The summed E-state index contributed by atoms with van der Waals surface area (Å²) in [5, 5.41) is 12.7. The Labute approximate surface area is 113 Å². The zero-order valence-electron chi connectivity index (χ0n) is 11.1. The van der Waals surface area contributed by atoms with Crippen LogP contribution in [0.5, 0.6) is 0 Å². The number of amides is 1. The number of nitrogens with one attached hydrogen (secondary N) is 1. The molecule has 2 N–H and O–H groups in total. The molecule has 0 heterocycles. The summed E-state index contributed by atoms with van der Waals surface area (Å²) in [6.07, 6.45) is 7.19. The molecule has 3 heteroatoms. The van der Waals surface area contributed by atoms with Gasteiger partial charge in [-0.15, -0.1) is 0 Å². The van der Waals surface area contributed by atoms with E-state index in [1.165, 1.54) is 0 Å². The van der Waals surface area contributed by atoms with Crippen LogP contribution in [-0.2, 0) is 4.79 Å². The van der Waals surface area contributed by atoms with Crippen LogP contribution < -0.4 is 5.32 Å². The third kappa shape index (κ3) is 3.80. The van der Waals surface area contributed by atoms with E-state index in [-0.39, 0.29) is 5.91 Å². The van der Waals surface area contributed by atoms with Gasteiger partial charge in [-0.2, -0.15) is 0 Å². The Kier molecular flexibility index (Phi) is 4.53. The highest BCUT2D eigenvalue weighted by atomic mass is 16.3. The molecule has 1 aliphatic carbocycles. The number of aliphatic hydroxyl groups excluding tert-OH is 1. The first kappa shape index (κ1) is 13.6. The molecule has 1 amide bonds. The van der Waals surface area contributed by atoms with E-state index in [4.69, 9.17) is 0 Å². The number of carbonyl (C=O) groups excluding carboxylic acids is 1. The van der Waals surface area contributed by atoms with Crippen LogP contribution in [0.3, 0.4) is 0 Å². The van der Waals surface area contributed by atoms with Gasteiger partial charge in [-0.3, -0.25) is 4.79 Å². The molecule has 0 saturated carbocycles. The van der Waals surface area contributed by atoms with Crippen molar-refractivity contribution in [3.63, 3.8) is 0 Å². The average molecular weight is 257 g/mol. The van der Waals surface area contributed by atoms with Crippen LogP contribution in [0.1, 0.15) is 30.1 Å². The Morgan fingerprint density at radius 1 is 1.32 bits per heavy atom. The minimum absolute atomic E-state index is 0.358. The lowest BCUT2D eigenvalue weighted by Gasteiger charge is -2.13. The predicted octanol–water partition coefficient (Wildman–Crippen LogP) is 2.42. The molecule has 1 atom stereocenters. The van der Waals surface area contributed by atoms with Gasteiger partial charge in [0.1, 0.15) is 0 Å². The largest absolute Gasteiger partial charge is 0.378 e. The standard InChI is InChI=1S/C16H19NO2/c1-12-7-9-14(10-8-12)15(18)16(19)17-11-13-5-3-2-4-6-13/h3,5-10,15,18H,2,4,11H2,1H3,(H,17,19). The Morgan fingerprint density at radius 3 is 2.68 bits per heavy atom. The van der Waals surface area contributed by atoms with Crippen LogP contribution in [-0.4, -0.2) is 17.6 Å². The van der Waals surface area contributed by atoms with Crippen LogP contribution in [0.15, 0.2) is 48.1 Å². The maximum Gasteiger partial charge on any atom is 0.253 e. The molecule has 1 aliphatic rings. The van der Waals surface area contributed by atoms with E-state index in [9.17, 15) is 9.90 Å². The molecule has 0 bridgehead atoms. The van der Waals surface area contributed by atoms with Crippen LogP contribution in [0.25, 0.3) is 0 Å². The van der Waals surface area contributed by atoms with Crippen LogP contribution >= 0.6 is 0 Å². The first-order valence-corrected chi connectivity index (χ1v) is 6.55. The number of hydrogen-bond donors (Lipinski definition) is 2. The van der Waals surface area contributed by atoms with Gasteiger partial charge in [0.25, 0.3) is 5.91 Å². The van der Waals surface area contributed by atoms with Gasteiger partial charge in [0.15, 0.2) is 6.10 Å². The van der Waals surface area contributed by atoms with Crippen molar-refractivity contribution in [1.29, 1.82) is 0 Å². The van der Waals surface area contributed by atoms with Crippen molar-refractivity contribution in [2.75, 3.05) is 6.54 Å². The molecule has 0 saturated heterocycles. The molecular weight excluding hydrogens is 238 g/mol. The van der Waals surface area contributed by atoms with E-state index in [2.05, 4.69) is 17.5 Å². The highest BCUT2D eigenvalue weighted by Crippen LogP contribution is 2.14. The Balaban J connectivity index is 1.90.